The molecule has 0 amide bonds. The van der Waals surface area contributed by atoms with Gasteiger partial charge in [-0.05, 0) is 30.9 Å². The van der Waals surface area contributed by atoms with E-state index in [0.717, 1.165) is 12.8 Å². The Morgan fingerprint density at radius 1 is 1.42 bits per heavy atom. The highest BCUT2D eigenvalue weighted by Crippen LogP contribution is 2.17. The third-order valence-corrected chi connectivity index (χ3v) is 3.19. The van der Waals surface area contributed by atoms with Crippen LogP contribution in [0.3, 0.4) is 0 Å². The molecule has 2 N–H and O–H groups in total. The van der Waals surface area contributed by atoms with Crippen molar-refractivity contribution >= 4 is 17.0 Å². The molecular formula is C14H18N2O3. The fraction of sp³-hybridized carbons (Fsp3) is 0.429. The number of hydrogen-bond donors (Lipinski definition) is 2. The number of hydrogen-bond acceptors (Lipinski definition) is 2. The SMILES string of the molecule is CC(C)CCCn1c(=O)[nH]c2cccc(C(=O)O)c21. The number of H-pyrrole nitrogens is 1. The summed E-state index contributed by atoms with van der Waals surface area (Å²) in [4.78, 5) is 25.8. The molecule has 0 spiro atoms. The Morgan fingerprint density at radius 3 is 2.79 bits per heavy atom. The number of aryl methyl sites for hydroxylation is 1. The molecule has 102 valence electrons. The molecule has 0 atom stereocenters. The first-order valence-electron chi connectivity index (χ1n) is 6.45. The van der Waals surface area contributed by atoms with Crippen molar-refractivity contribution in [3.05, 3.63) is 34.2 Å². The van der Waals surface area contributed by atoms with Gasteiger partial charge in [-0.3, -0.25) is 4.57 Å². The molecule has 0 aliphatic heterocycles. The molecule has 1 aromatic carbocycles. The second-order valence-electron chi connectivity index (χ2n) is 5.12. The summed E-state index contributed by atoms with van der Waals surface area (Å²) >= 11 is 0. The second kappa shape index (κ2) is 5.30. The molecule has 0 radical (unpaired) electrons. The van der Waals surface area contributed by atoms with Gasteiger partial charge in [0.05, 0.1) is 16.6 Å². The van der Waals surface area contributed by atoms with Gasteiger partial charge in [-0.15, -0.1) is 0 Å². The van der Waals surface area contributed by atoms with Crippen LogP contribution in [0.2, 0.25) is 0 Å². The lowest BCUT2D eigenvalue weighted by atomic mass is 10.1. The van der Waals surface area contributed by atoms with Gasteiger partial charge in [-0.1, -0.05) is 19.9 Å². The van der Waals surface area contributed by atoms with Crippen molar-refractivity contribution in [2.24, 2.45) is 5.92 Å². The molecule has 0 saturated heterocycles. The molecular weight excluding hydrogens is 244 g/mol. The molecule has 0 fully saturated rings. The van der Waals surface area contributed by atoms with E-state index in [9.17, 15) is 14.7 Å². The average molecular weight is 262 g/mol. The summed E-state index contributed by atoms with van der Waals surface area (Å²) in [5.74, 6) is -0.443. The summed E-state index contributed by atoms with van der Waals surface area (Å²) in [5.41, 5.74) is 0.992. The lowest BCUT2D eigenvalue weighted by Crippen LogP contribution is -2.18. The molecule has 19 heavy (non-hydrogen) atoms. The molecule has 5 heteroatoms. The Morgan fingerprint density at radius 2 is 2.16 bits per heavy atom. The highest BCUT2D eigenvalue weighted by atomic mass is 16.4. The fourth-order valence-corrected chi connectivity index (χ4v) is 2.26. The summed E-state index contributed by atoms with van der Waals surface area (Å²) in [5, 5.41) is 9.20. The standard InChI is InChI=1S/C14H18N2O3/c1-9(2)5-4-8-16-12-10(13(17)18)6-3-7-11(12)15-14(16)19/h3,6-7,9H,4-5,8H2,1-2H3,(H,15,19)(H,17,18). The van der Waals surface area contributed by atoms with E-state index >= 15 is 0 Å². The molecule has 0 unspecified atom stereocenters. The Labute approximate surface area is 110 Å². The van der Waals surface area contributed by atoms with Crippen LogP contribution in [0.15, 0.2) is 23.0 Å². The number of nitrogens with one attached hydrogen (secondary N) is 1. The van der Waals surface area contributed by atoms with Crippen LogP contribution in [0.4, 0.5) is 0 Å². The van der Waals surface area contributed by atoms with Crippen molar-refractivity contribution in [1.29, 1.82) is 0 Å². The molecule has 0 aliphatic carbocycles. The lowest BCUT2D eigenvalue weighted by molar-refractivity contribution is 0.0698. The zero-order chi connectivity index (χ0) is 14.0. The molecule has 0 aliphatic rings. The number of rotatable bonds is 5. The molecule has 0 bridgehead atoms. The van der Waals surface area contributed by atoms with Gasteiger partial charge in [0.15, 0.2) is 0 Å². The topological polar surface area (TPSA) is 75.1 Å². The van der Waals surface area contributed by atoms with Crippen LogP contribution in [0, 0.1) is 5.92 Å². The summed E-state index contributed by atoms with van der Waals surface area (Å²) in [6.45, 7) is 4.79. The van der Waals surface area contributed by atoms with Gasteiger partial charge in [0.2, 0.25) is 0 Å². The van der Waals surface area contributed by atoms with Crippen LogP contribution in [-0.4, -0.2) is 20.6 Å². The number of aromatic amines is 1. The first kappa shape index (κ1) is 13.4. The lowest BCUT2D eigenvalue weighted by Gasteiger charge is -2.07. The van der Waals surface area contributed by atoms with Crippen molar-refractivity contribution in [3.63, 3.8) is 0 Å². The van der Waals surface area contributed by atoms with E-state index in [1.54, 1.807) is 12.1 Å². The third-order valence-electron chi connectivity index (χ3n) is 3.19. The van der Waals surface area contributed by atoms with E-state index < -0.39 is 5.97 Å². The maximum atomic E-state index is 11.9. The van der Waals surface area contributed by atoms with Gasteiger partial charge in [0, 0.05) is 6.54 Å². The maximum Gasteiger partial charge on any atom is 0.337 e. The van der Waals surface area contributed by atoms with Crippen LogP contribution >= 0.6 is 0 Å². The minimum Gasteiger partial charge on any atom is -0.478 e. The van der Waals surface area contributed by atoms with Crippen LogP contribution < -0.4 is 5.69 Å². The van der Waals surface area contributed by atoms with E-state index in [2.05, 4.69) is 18.8 Å². The van der Waals surface area contributed by atoms with Gasteiger partial charge in [-0.25, -0.2) is 9.59 Å². The minimum atomic E-state index is -1.01. The second-order valence-corrected chi connectivity index (χ2v) is 5.12. The maximum absolute atomic E-state index is 11.9. The Bertz CT molecular complexity index is 652. The van der Waals surface area contributed by atoms with Crippen LogP contribution in [0.5, 0.6) is 0 Å². The first-order chi connectivity index (χ1) is 9.00. The van der Waals surface area contributed by atoms with E-state index in [1.807, 2.05) is 0 Å². The van der Waals surface area contributed by atoms with E-state index in [1.165, 1.54) is 10.6 Å². The highest BCUT2D eigenvalue weighted by Gasteiger charge is 2.15. The number of carboxylic acids is 1. The Balaban J connectivity index is 2.44. The molecule has 5 nitrogen and oxygen atoms in total. The number of fused-ring (bicyclic) bond motifs is 1. The van der Waals surface area contributed by atoms with Crippen LogP contribution in [-0.2, 0) is 6.54 Å². The summed E-state index contributed by atoms with van der Waals surface area (Å²) < 4.78 is 1.53. The molecule has 2 rings (SSSR count). The van der Waals surface area contributed by atoms with Crippen molar-refractivity contribution in [2.45, 2.75) is 33.2 Å². The van der Waals surface area contributed by atoms with E-state index in [4.69, 9.17) is 0 Å². The van der Waals surface area contributed by atoms with Gasteiger partial charge in [0.25, 0.3) is 0 Å². The van der Waals surface area contributed by atoms with Crippen molar-refractivity contribution in [2.75, 3.05) is 0 Å². The largest absolute Gasteiger partial charge is 0.478 e. The van der Waals surface area contributed by atoms with Crippen LogP contribution in [0.25, 0.3) is 11.0 Å². The normalized spacial score (nSPS) is 11.3. The number of para-hydroxylation sites is 1. The van der Waals surface area contributed by atoms with Gasteiger partial charge < -0.3 is 10.1 Å². The van der Waals surface area contributed by atoms with Gasteiger partial charge in [-0.2, -0.15) is 0 Å². The van der Waals surface area contributed by atoms with Crippen molar-refractivity contribution < 1.29 is 9.90 Å². The number of imidazole rings is 1. The van der Waals surface area contributed by atoms with Gasteiger partial charge in [0.1, 0.15) is 0 Å². The van der Waals surface area contributed by atoms with Gasteiger partial charge >= 0.3 is 11.7 Å². The Kier molecular flexibility index (Phi) is 3.74. The highest BCUT2D eigenvalue weighted by molar-refractivity contribution is 6.01. The summed E-state index contributed by atoms with van der Waals surface area (Å²) in [6.07, 6.45) is 1.87. The monoisotopic (exact) mass is 262 g/mol. The van der Waals surface area contributed by atoms with Crippen molar-refractivity contribution in [1.82, 2.24) is 9.55 Å². The number of benzene rings is 1. The first-order valence-corrected chi connectivity index (χ1v) is 6.45. The average Bonchev–Trinajstić information content (AvgIpc) is 2.65. The number of aromatic carboxylic acids is 1. The predicted octanol–water partition coefficient (Wildman–Crippen LogP) is 2.46. The van der Waals surface area contributed by atoms with E-state index in [0.29, 0.717) is 23.5 Å². The summed E-state index contributed by atoms with van der Waals surface area (Å²) in [6, 6.07) is 4.89. The zero-order valence-corrected chi connectivity index (χ0v) is 11.1. The number of nitrogens with zero attached hydrogens (tertiary/aromatic N) is 1. The fourth-order valence-electron chi connectivity index (χ4n) is 2.26. The molecule has 1 aromatic heterocycles. The third kappa shape index (κ3) is 2.70. The van der Waals surface area contributed by atoms with Crippen LogP contribution in [0.1, 0.15) is 37.0 Å². The van der Waals surface area contributed by atoms with Crippen molar-refractivity contribution in [3.8, 4) is 0 Å². The zero-order valence-electron chi connectivity index (χ0n) is 11.1. The number of carboxylic acid groups (broad SMARTS) is 1. The summed E-state index contributed by atoms with van der Waals surface area (Å²) in [7, 11) is 0. The quantitative estimate of drug-likeness (QED) is 0.869. The number of carbonyl (C=O) groups is 1. The van der Waals surface area contributed by atoms with E-state index in [-0.39, 0.29) is 11.3 Å². The predicted molar refractivity (Wildman–Crippen MR) is 73.6 cm³/mol. The molecule has 2 aromatic rings. The number of aromatic nitrogens is 2. The Hall–Kier alpha value is -2.04. The molecule has 0 saturated carbocycles. The smallest absolute Gasteiger partial charge is 0.337 e. The molecule has 1 heterocycles. The minimum absolute atomic E-state index is 0.167.